The van der Waals surface area contributed by atoms with Crippen LogP contribution >= 0.6 is 11.8 Å². The Morgan fingerprint density at radius 2 is 2.06 bits per heavy atom. The van der Waals surface area contributed by atoms with Gasteiger partial charge in [-0.1, -0.05) is 0 Å². The third-order valence-corrected chi connectivity index (χ3v) is 7.31. The average molecular weight is 468 g/mol. The predicted octanol–water partition coefficient (Wildman–Crippen LogP) is 3.17. The van der Waals surface area contributed by atoms with E-state index in [4.69, 9.17) is 4.74 Å². The zero-order valence-corrected chi connectivity index (χ0v) is 19.1. The van der Waals surface area contributed by atoms with Gasteiger partial charge in [-0.15, -0.1) is 11.8 Å². The topological polar surface area (TPSA) is 88.6 Å². The Kier molecular flexibility index (Phi) is 7.90. The molecule has 2 heterocycles. The number of amides is 1. The number of thioether (sulfide) groups is 1. The summed E-state index contributed by atoms with van der Waals surface area (Å²) in [5.41, 5.74) is 0.590. The zero-order valence-electron chi connectivity index (χ0n) is 17.5. The molecule has 3 rings (SSSR count). The van der Waals surface area contributed by atoms with E-state index in [1.165, 1.54) is 23.9 Å². The maximum Gasteiger partial charge on any atom is 0.256 e. The Balaban J connectivity index is 1.55. The molecule has 1 aliphatic rings. The number of carbonyl (C=O) groups is 1. The van der Waals surface area contributed by atoms with Crippen molar-refractivity contribution in [2.75, 3.05) is 32.5 Å². The van der Waals surface area contributed by atoms with Crippen molar-refractivity contribution in [3.05, 3.63) is 47.9 Å². The third kappa shape index (κ3) is 5.75. The lowest BCUT2D eigenvalue weighted by Crippen LogP contribution is -2.41. The molecule has 10 heteroatoms. The predicted molar refractivity (Wildman–Crippen MR) is 117 cm³/mol. The number of rotatable bonds is 8. The summed E-state index contributed by atoms with van der Waals surface area (Å²) < 4.78 is 46.8. The first-order chi connectivity index (χ1) is 14.9. The van der Waals surface area contributed by atoms with Gasteiger partial charge < -0.3 is 9.64 Å². The van der Waals surface area contributed by atoms with Crippen LogP contribution in [0, 0.1) is 11.7 Å². The summed E-state index contributed by atoms with van der Waals surface area (Å²) in [6.07, 6.45) is 4.91. The van der Waals surface area contributed by atoms with Gasteiger partial charge in [0.25, 0.3) is 5.91 Å². The lowest BCUT2D eigenvalue weighted by molar-refractivity contribution is 0.0687. The summed E-state index contributed by atoms with van der Waals surface area (Å²) in [6.45, 7) is 3.35. The fourth-order valence-electron chi connectivity index (χ4n) is 3.46. The zero-order chi connectivity index (χ0) is 22.4. The molecule has 1 aromatic heterocycles. The summed E-state index contributed by atoms with van der Waals surface area (Å²) in [5, 5.41) is 0.699. The first kappa shape index (κ1) is 23.5. The van der Waals surface area contributed by atoms with Gasteiger partial charge in [-0.3, -0.25) is 4.79 Å². The number of hydrogen-bond donors (Lipinski definition) is 1. The lowest BCUT2D eigenvalue weighted by Gasteiger charge is -2.32. The quantitative estimate of drug-likeness (QED) is 0.600. The molecule has 1 aliphatic heterocycles. The van der Waals surface area contributed by atoms with Gasteiger partial charge in [-0.05, 0) is 62.3 Å². The second-order valence-corrected chi connectivity index (χ2v) is 9.73. The Labute approximate surface area is 186 Å². The molecule has 1 aromatic carbocycles. The van der Waals surface area contributed by atoms with E-state index in [2.05, 4.69) is 9.71 Å². The summed E-state index contributed by atoms with van der Waals surface area (Å²) in [4.78, 5) is 18.7. The minimum atomic E-state index is -3.83. The number of piperidine rings is 1. The van der Waals surface area contributed by atoms with Crippen molar-refractivity contribution >= 4 is 27.7 Å². The van der Waals surface area contributed by atoms with Crippen LogP contribution in [0.25, 0.3) is 0 Å². The number of aromatic nitrogens is 1. The number of halogens is 1. The number of likely N-dealkylation sites (tertiary alicyclic amines) is 1. The molecule has 0 bridgehead atoms. The van der Waals surface area contributed by atoms with Crippen LogP contribution in [0.4, 0.5) is 4.39 Å². The highest BCUT2D eigenvalue weighted by molar-refractivity contribution is 7.98. The highest BCUT2D eigenvalue weighted by atomic mass is 32.2. The minimum absolute atomic E-state index is 0.0248. The molecule has 0 spiro atoms. The second-order valence-electron chi connectivity index (χ2n) is 7.17. The Morgan fingerprint density at radius 1 is 1.32 bits per heavy atom. The van der Waals surface area contributed by atoms with E-state index in [-0.39, 0.29) is 29.0 Å². The molecule has 31 heavy (non-hydrogen) atoms. The lowest BCUT2D eigenvalue weighted by atomic mass is 9.97. The third-order valence-electron chi connectivity index (χ3n) is 5.17. The molecule has 1 fully saturated rings. The smallest absolute Gasteiger partial charge is 0.256 e. The molecule has 0 atom stereocenters. The van der Waals surface area contributed by atoms with Gasteiger partial charge >= 0.3 is 0 Å². The van der Waals surface area contributed by atoms with Crippen LogP contribution in [0.5, 0.6) is 5.75 Å². The fourth-order valence-corrected chi connectivity index (χ4v) is 5.13. The number of carbonyl (C=O) groups excluding carboxylic acids is 1. The molecule has 1 amide bonds. The molecule has 0 unspecified atom stereocenters. The van der Waals surface area contributed by atoms with Crippen molar-refractivity contribution in [1.82, 2.24) is 14.6 Å². The molecular formula is C21H26FN3O4S2. The van der Waals surface area contributed by atoms with Crippen molar-refractivity contribution in [2.24, 2.45) is 5.92 Å². The van der Waals surface area contributed by atoms with E-state index in [9.17, 15) is 17.6 Å². The first-order valence-electron chi connectivity index (χ1n) is 10.1. The number of nitrogens with zero attached hydrogens (tertiary/aromatic N) is 2. The minimum Gasteiger partial charge on any atom is -0.491 e. The van der Waals surface area contributed by atoms with Crippen molar-refractivity contribution in [3.8, 4) is 5.75 Å². The first-order valence-corrected chi connectivity index (χ1v) is 12.8. The van der Waals surface area contributed by atoms with E-state index in [1.54, 1.807) is 30.2 Å². The van der Waals surface area contributed by atoms with Crippen molar-refractivity contribution < 1.29 is 22.3 Å². The van der Waals surface area contributed by atoms with Crippen LogP contribution in [0.2, 0.25) is 0 Å². The van der Waals surface area contributed by atoms with Crippen LogP contribution in [0.1, 0.15) is 30.1 Å². The molecule has 0 saturated carbocycles. The summed E-state index contributed by atoms with van der Waals surface area (Å²) >= 11 is 1.43. The van der Waals surface area contributed by atoms with Crippen molar-refractivity contribution in [3.63, 3.8) is 0 Å². The van der Waals surface area contributed by atoms with Crippen LogP contribution in [-0.2, 0) is 10.0 Å². The van der Waals surface area contributed by atoms with Gasteiger partial charge in [0, 0.05) is 25.8 Å². The molecule has 7 nitrogen and oxygen atoms in total. The van der Waals surface area contributed by atoms with E-state index in [0.717, 1.165) is 6.07 Å². The number of ether oxygens (including phenoxy) is 1. The van der Waals surface area contributed by atoms with Gasteiger partial charge in [0.2, 0.25) is 10.0 Å². The van der Waals surface area contributed by atoms with Crippen LogP contribution in [-0.4, -0.2) is 56.7 Å². The van der Waals surface area contributed by atoms with E-state index >= 15 is 0 Å². The highest BCUT2D eigenvalue weighted by Crippen LogP contribution is 2.24. The van der Waals surface area contributed by atoms with Gasteiger partial charge in [0.05, 0.1) is 17.1 Å². The molecule has 1 N–H and O–H groups in total. The monoisotopic (exact) mass is 467 g/mol. The maximum absolute atomic E-state index is 14.0. The summed E-state index contributed by atoms with van der Waals surface area (Å²) in [7, 11) is -3.83. The number of benzene rings is 1. The van der Waals surface area contributed by atoms with Crippen molar-refractivity contribution in [2.45, 2.75) is 29.7 Å². The number of sulfonamides is 1. The van der Waals surface area contributed by atoms with Crippen LogP contribution < -0.4 is 9.46 Å². The maximum atomic E-state index is 14.0. The Bertz CT molecular complexity index is 1030. The van der Waals surface area contributed by atoms with Gasteiger partial charge in [-0.2, -0.15) is 0 Å². The summed E-state index contributed by atoms with van der Waals surface area (Å²) in [5.74, 6) is -0.644. The largest absolute Gasteiger partial charge is 0.491 e. The average Bonchev–Trinajstić information content (AvgIpc) is 2.79. The van der Waals surface area contributed by atoms with Crippen LogP contribution in [0.3, 0.4) is 0 Å². The SMILES string of the molecule is CCOc1ccc(S(=O)(=O)NCC2CCN(C(=O)c3cccnc3SC)CC2)cc1F. The molecule has 1 saturated heterocycles. The van der Waals surface area contributed by atoms with Gasteiger partial charge in [0.15, 0.2) is 11.6 Å². The van der Waals surface area contributed by atoms with Gasteiger partial charge in [0.1, 0.15) is 5.03 Å². The number of nitrogens with one attached hydrogen (secondary N) is 1. The molecular weight excluding hydrogens is 441 g/mol. The van der Waals surface area contributed by atoms with Gasteiger partial charge in [-0.25, -0.2) is 22.5 Å². The van der Waals surface area contributed by atoms with Crippen LogP contribution in [0.15, 0.2) is 46.5 Å². The van der Waals surface area contributed by atoms with E-state index in [0.29, 0.717) is 43.1 Å². The van der Waals surface area contributed by atoms with E-state index in [1.807, 2.05) is 6.26 Å². The van der Waals surface area contributed by atoms with E-state index < -0.39 is 15.8 Å². The number of pyridine rings is 1. The molecule has 168 valence electrons. The Morgan fingerprint density at radius 3 is 2.71 bits per heavy atom. The highest BCUT2D eigenvalue weighted by Gasteiger charge is 2.26. The standard InChI is InChI=1S/C21H26FN3O4S2/c1-3-29-19-7-6-16(13-18(19)22)31(27,28)24-14-15-8-11-25(12-9-15)21(26)17-5-4-10-23-20(17)30-2/h4-7,10,13,15,24H,3,8-9,11-12,14H2,1-2H3. The summed E-state index contributed by atoms with van der Waals surface area (Å²) in [6, 6.07) is 7.13. The fraction of sp³-hybridized carbons (Fsp3) is 0.429. The number of hydrogen-bond acceptors (Lipinski definition) is 6. The molecule has 0 radical (unpaired) electrons. The normalized spacial score (nSPS) is 15.1. The molecule has 0 aliphatic carbocycles. The Hall–Kier alpha value is -2.17. The molecule has 2 aromatic rings. The van der Waals surface area contributed by atoms with Crippen molar-refractivity contribution in [1.29, 1.82) is 0 Å². The second kappa shape index (κ2) is 10.4.